The number of nitrogens with zero attached hydrogens (tertiary/aromatic N) is 2. The molecule has 1 atom stereocenters. The van der Waals surface area contributed by atoms with E-state index < -0.39 is 17.4 Å². The highest BCUT2D eigenvalue weighted by atomic mass is 79.9. The van der Waals surface area contributed by atoms with Crippen LogP contribution in [0.25, 0.3) is 17.5 Å². The van der Waals surface area contributed by atoms with Crippen LogP contribution in [0.4, 0.5) is 0 Å². The Hall–Kier alpha value is -2.93. The third-order valence-corrected chi connectivity index (χ3v) is 7.21. The van der Waals surface area contributed by atoms with Crippen LogP contribution in [0.5, 0.6) is 0 Å². The lowest BCUT2D eigenvalue weighted by Crippen LogP contribution is -2.40. The van der Waals surface area contributed by atoms with E-state index in [9.17, 15) is 14.9 Å². The van der Waals surface area contributed by atoms with E-state index in [-0.39, 0.29) is 17.0 Å². The van der Waals surface area contributed by atoms with Gasteiger partial charge in [0.2, 0.25) is 0 Å². The Morgan fingerprint density at radius 2 is 1.75 bits per heavy atom. The molecule has 1 unspecified atom stereocenters. The van der Waals surface area contributed by atoms with Crippen LogP contribution in [0.2, 0.25) is 0 Å². The number of benzene rings is 2. The van der Waals surface area contributed by atoms with Crippen LogP contribution in [-0.4, -0.2) is 17.6 Å². The number of carbonyl (C=O) groups excluding carboxylic acids is 1. The van der Waals surface area contributed by atoms with Crippen LogP contribution < -0.4 is 20.5 Å². The number of aromatic nitrogens is 1. The summed E-state index contributed by atoms with van der Waals surface area (Å²) in [6.07, 6.45) is 1.73. The van der Waals surface area contributed by atoms with E-state index >= 15 is 0 Å². The first-order valence-corrected chi connectivity index (χ1v) is 11.7. The van der Waals surface area contributed by atoms with E-state index in [1.807, 2.05) is 36.4 Å². The van der Waals surface area contributed by atoms with Gasteiger partial charge in [0.25, 0.3) is 5.56 Å². The summed E-state index contributed by atoms with van der Waals surface area (Å²) >= 11 is 7.93. The largest absolute Gasteiger partial charge is 0.466 e. The van der Waals surface area contributed by atoms with Crippen molar-refractivity contribution in [2.24, 2.45) is 5.73 Å². The zero-order valence-corrected chi connectivity index (χ0v) is 20.6. The average Bonchev–Trinajstić information content (AvgIpc) is 3.11. The van der Waals surface area contributed by atoms with E-state index in [1.165, 1.54) is 11.7 Å². The summed E-state index contributed by atoms with van der Waals surface area (Å²) in [5.41, 5.74) is 7.76. The van der Waals surface area contributed by atoms with Gasteiger partial charge in [0, 0.05) is 8.95 Å². The molecule has 0 amide bonds. The van der Waals surface area contributed by atoms with Crippen LogP contribution in [0.15, 0.2) is 67.8 Å². The normalized spacial score (nSPS) is 16.0. The van der Waals surface area contributed by atoms with Gasteiger partial charge >= 0.3 is 5.97 Å². The maximum Gasteiger partial charge on any atom is 0.337 e. The molecular formula is C23H15Br2N3O3S. The van der Waals surface area contributed by atoms with Gasteiger partial charge in [-0.1, -0.05) is 56.1 Å². The molecule has 4 rings (SSSR count). The maximum absolute atomic E-state index is 13.2. The topological polar surface area (TPSA) is 98.1 Å². The Kier molecular flexibility index (Phi) is 6.20. The molecule has 1 aliphatic heterocycles. The quantitative estimate of drug-likeness (QED) is 0.486. The number of methoxy groups -OCH3 is 1. The fraction of sp³-hybridized carbons (Fsp3) is 0.0870. The Bertz CT molecular complexity index is 1480. The minimum Gasteiger partial charge on any atom is -0.466 e. The van der Waals surface area contributed by atoms with Crippen molar-refractivity contribution in [3.8, 4) is 6.07 Å². The molecule has 0 aliphatic carbocycles. The van der Waals surface area contributed by atoms with Crippen molar-refractivity contribution in [3.05, 3.63) is 93.7 Å². The van der Waals surface area contributed by atoms with Gasteiger partial charge in [-0.2, -0.15) is 5.26 Å². The molecule has 0 saturated heterocycles. The lowest BCUT2D eigenvalue weighted by molar-refractivity contribution is -0.134. The molecule has 3 aromatic rings. The van der Waals surface area contributed by atoms with Crippen LogP contribution in [0.3, 0.4) is 0 Å². The molecule has 0 spiro atoms. The summed E-state index contributed by atoms with van der Waals surface area (Å²) in [5.74, 6) is -1.36. The van der Waals surface area contributed by atoms with Gasteiger partial charge < -0.3 is 10.5 Å². The van der Waals surface area contributed by atoms with Gasteiger partial charge in [-0.15, -0.1) is 11.3 Å². The summed E-state index contributed by atoms with van der Waals surface area (Å²) in [6, 6.07) is 16.8. The monoisotopic (exact) mass is 571 g/mol. The lowest BCUT2D eigenvalue weighted by atomic mass is 9.84. The maximum atomic E-state index is 13.2. The van der Waals surface area contributed by atoms with Crippen LogP contribution >= 0.6 is 43.2 Å². The van der Waals surface area contributed by atoms with Gasteiger partial charge in [-0.25, -0.2) is 4.79 Å². The molecule has 9 heteroatoms. The number of halogens is 2. The third-order valence-electron chi connectivity index (χ3n) is 5.05. The number of esters is 1. The van der Waals surface area contributed by atoms with E-state index in [1.54, 1.807) is 18.2 Å². The highest BCUT2D eigenvalue weighted by molar-refractivity contribution is 9.10. The van der Waals surface area contributed by atoms with Crippen LogP contribution in [0, 0.1) is 11.3 Å². The SMILES string of the molecule is COC(=O)C1=c2s/c(=C\c3ccc(Br)cc3)c(=O)n2C(N)=C(C#N)C1c1ccc(Br)cc1. The molecule has 32 heavy (non-hydrogen) atoms. The Labute approximate surface area is 203 Å². The minimum atomic E-state index is -0.751. The minimum absolute atomic E-state index is 0.0137. The van der Waals surface area contributed by atoms with Crippen molar-refractivity contribution in [2.75, 3.05) is 7.11 Å². The van der Waals surface area contributed by atoms with Crippen molar-refractivity contribution < 1.29 is 9.53 Å². The predicted octanol–water partition coefficient (Wildman–Crippen LogP) is 3.04. The first-order valence-electron chi connectivity index (χ1n) is 9.33. The summed E-state index contributed by atoms with van der Waals surface area (Å²) in [4.78, 5) is 26.1. The van der Waals surface area contributed by atoms with E-state index in [0.29, 0.717) is 14.8 Å². The summed E-state index contributed by atoms with van der Waals surface area (Å²) in [7, 11) is 1.27. The number of nitrogens with two attached hydrogens (primary N) is 1. The van der Waals surface area contributed by atoms with E-state index in [2.05, 4.69) is 37.9 Å². The molecule has 0 radical (unpaired) electrons. The van der Waals surface area contributed by atoms with Gasteiger partial charge in [-0.05, 0) is 41.5 Å². The van der Waals surface area contributed by atoms with Gasteiger partial charge in [0.15, 0.2) is 0 Å². The molecule has 6 nitrogen and oxygen atoms in total. The van der Waals surface area contributed by atoms with Crippen LogP contribution in [0.1, 0.15) is 17.0 Å². The number of hydrogen-bond donors (Lipinski definition) is 1. The van der Waals surface area contributed by atoms with Crippen molar-refractivity contribution in [3.63, 3.8) is 0 Å². The Morgan fingerprint density at radius 3 is 2.31 bits per heavy atom. The van der Waals surface area contributed by atoms with Gasteiger partial charge in [-0.3, -0.25) is 9.36 Å². The third kappa shape index (κ3) is 3.86. The first kappa shape index (κ1) is 22.3. The van der Waals surface area contributed by atoms with Gasteiger partial charge in [0.1, 0.15) is 10.5 Å². The first-order chi connectivity index (χ1) is 15.3. The molecule has 0 saturated carbocycles. The number of thiazole rings is 1. The average molecular weight is 573 g/mol. The number of ether oxygens (including phenoxy) is 1. The summed E-state index contributed by atoms with van der Waals surface area (Å²) < 4.78 is 8.80. The predicted molar refractivity (Wildman–Crippen MR) is 131 cm³/mol. The number of allylic oxidation sites excluding steroid dienone is 1. The van der Waals surface area contributed by atoms with Gasteiger partial charge in [0.05, 0.1) is 34.8 Å². The zero-order valence-electron chi connectivity index (χ0n) is 16.6. The molecule has 1 aliphatic rings. The number of fused-ring (bicyclic) bond motifs is 1. The second-order valence-electron chi connectivity index (χ2n) is 6.91. The molecule has 2 aromatic carbocycles. The molecular weight excluding hydrogens is 558 g/mol. The molecule has 160 valence electrons. The van der Waals surface area contributed by atoms with Crippen molar-refractivity contribution in [1.29, 1.82) is 5.26 Å². The highest BCUT2D eigenvalue weighted by Crippen LogP contribution is 2.36. The number of rotatable bonds is 3. The molecule has 0 bridgehead atoms. The Balaban J connectivity index is 2.08. The molecule has 2 heterocycles. The number of hydrogen-bond acceptors (Lipinski definition) is 6. The van der Waals surface area contributed by atoms with E-state index in [4.69, 9.17) is 10.5 Å². The second-order valence-corrected chi connectivity index (χ2v) is 9.77. The summed E-state index contributed by atoms with van der Waals surface area (Å²) in [5, 5.41) is 9.92. The lowest BCUT2D eigenvalue weighted by Gasteiger charge is -2.24. The van der Waals surface area contributed by atoms with Crippen molar-refractivity contribution in [2.45, 2.75) is 5.92 Å². The smallest absolute Gasteiger partial charge is 0.337 e. The number of carbonyl (C=O) groups is 1. The van der Waals surface area contributed by atoms with Crippen LogP contribution in [-0.2, 0) is 9.53 Å². The van der Waals surface area contributed by atoms with Crippen molar-refractivity contribution >= 4 is 66.6 Å². The molecule has 2 N–H and O–H groups in total. The second kappa shape index (κ2) is 8.90. The fourth-order valence-corrected chi connectivity index (χ4v) is 5.25. The van der Waals surface area contributed by atoms with E-state index in [0.717, 1.165) is 25.8 Å². The highest BCUT2D eigenvalue weighted by Gasteiger charge is 2.36. The zero-order chi connectivity index (χ0) is 23.0. The fourth-order valence-electron chi connectivity index (χ4n) is 3.55. The number of nitriles is 1. The molecule has 1 aromatic heterocycles. The summed E-state index contributed by atoms with van der Waals surface area (Å²) in [6.45, 7) is 0. The molecule has 0 fully saturated rings. The Morgan fingerprint density at radius 1 is 1.16 bits per heavy atom. The standard InChI is InChI=1S/C23H15Br2N3O3S/c1-31-23(30)19-18(13-4-8-15(25)9-5-13)16(11-26)20(27)28-21(29)17(32-22(19)28)10-12-2-6-14(24)7-3-12/h2-10,18H,27H2,1H3/b17-10-. The van der Waals surface area contributed by atoms with Crippen molar-refractivity contribution in [1.82, 2.24) is 4.57 Å².